The van der Waals surface area contributed by atoms with E-state index in [0.717, 1.165) is 30.6 Å². The minimum atomic E-state index is -1.13. The van der Waals surface area contributed by atoms with Crippen molar-refractivity contribution in [3.63, 3.8) is 0 Å². The Hall–Kier alpha value is -0.650. The minimum absolute atomic E-state index is 0.198. The second kappa shape index (κ2) is 10.7. The number of carbonyl (C=O) groups excluding carboxylic acids is 1. The number of aliphatic hydroxyl groups is 1. The van der Waals surface area contributed by atoms with Crippen molar-refractivity contribution in [3.8, 4) is 0 Å². The van der Waals surface area contributed by atoms with Crippen molar-refractivity contribution in [3.05, 3.63) is 0 Å². The molecule has 4 aliphatic rings. The van der Waals surface area contributed by atoms with E-state index < -0.39 is 11.7 Å². The third-order valence-corrected chi connectivity index (χ3v) is 11.9. The molecule has 37 heavy (non-hydrogen) atoms. The van der Waals surface area contributed by atoms with Gasteiger partial charge < -0.3 is 19.9 Å². The van der Waals surface area contributed by atoms with Crippen molar-refractivity contribution < 1.29 is 19.4 Å². The SMILES string of the molecule is CN[C@H]1CCC(C)C(CC[C@@H]2CCC[C@@]3(C)C2CC2O[C@@H]([C@H](OC(C)=O)C(C)(C)O)C[C@@H](C)C23)C1(C)C. The van der Waals surface area contributed by atoms with E-state index in [9.17, 15) is 9.90 Å². The van der Waals surface area contributed by atoms with E-state index in [1.165, 1.54) is 51.9 Å². The predicted molar refractivity (Wildman–Crippen MR) is 149 cm³/mol. The first-order valence-corrected chi connectivity index (χ1v) is 15.4. The Labute approximate surface area is 227 Å². The van der Waals surface area contributed by atoms with E-state index in [0.29, 0.717) is 34.6 Å². The Kier molecular flexibility index (Phi) is 8.51. The summed E-state index contributed by atoms with van der Waals surface area (Å²) in [7, 11) is 2.14. The highest BCUT2D eigenvalue weighted by molar-refractivity contribution is 5.66. The van der Waals surface area contributed by atoms with E-state index in [1.807, 2.05) is 0 Å². The number of esters is 1. The van der Waals surface area contributed by atoms with Crippen molar-refractivity contribution in [2.45, 2.75) is 143 Å². The van der Waals surface area contributed by atoms with Gasteiger partial charge in [-0.1, -0.05) is 47.5 Å². The molecule has 5 heteroatoms. The number of fused-ring (bicyclic) bond motifs is 3. The molecule has 5 unspecified atom stereocenters. The Morgan fingerprint density at radius 1 is 1.11 bits per heavy atom. The van der Waals surface area contributed by atoms with Gasteiger partial charge in [0.15, 0.2) is 6.10 Å². The zero-order valence-electron chi connectivity index (χ0n) is 25.3. The maximum absolute atomic E-state index is 11.9. The van der Waals surface area contributed by atoms with Crippen molar-refractivity contribution in [1.29, 1.82) is 0 Å². The zero-order chi connectivity index (χ0) is 27.3. The van der Waals surface area contributed by atoms with E-state index in [-0.39, 0.29) is 18.2 Å². The molecule has 1 saturated heterocycles. The fraction of sp³-hybridized carbons (Fsp3) is 0.969. The van der Waals surface area contributed by atoms with E-state index in [2.05, 4.69) is 47.0 Å². The first-order chi connectivity index (χ1) is 17.2. The maximum atomic E-state index is 11.9. The van der Waals surface area contributed by atoms with E-state index in [1.54, 1.807) is 13.8 Å². The molecule has 2 N–H and O–H groups in total. The number of hydrogen-bond donors (Lipinski definition) is 2. The van der Waals surface area contributed by atoms with Crippen LogP contribution in [0.15, 0.2) is 0 Å². The summed E-state index contributed by atoms with van der Waals surface area (Å²) < 4.78 is 12.5. The van der Waals surface area contributed by atoms with Crippen LogP contribution in [0.4, 0.5) is 0 Å². The van der Waals surface area contributed by atoms with Gasteiger partial charge in [-0.15, -0.1) is 0 Å². The fourth-order valence-corrected chi connectivity index (χ4v) is 10.3. The first-order valence-electron chi connectivity index (χ1n) is 15.4. The van der Waals surface area contributed by atoms with Gasteiger partial charge in [-0.25, -0.2) is 0 Å². The van der Waals surface area contributed by atoms with Gasteiger partial charge >= 0.3 is 5.97 Å². The highest BCUT2D eigenvalue weighted by Gasteiger charge is 2.60. The van der Waals surface area contributed by atoms with Crippen molar-refractivity contribution in [1.82, 2.24) is 5.32 Å². The quantitative estimate of drug-likeness (QED) is 0.383. The lowest BCUT2D eigenvalue weighted by Crippen LogP contribution is -2.54. The molecule has 3 aliphatic carbocycles. The lowest BCUT2D eigenvalue weighted by molar-refractivity contribution is -0.207. The summed E-state index contributed by atoms with van der Waals surface area (Å²) in [6.45, 7) is 17.3. The van der Waals surface area contributed by atoms with Gasteiger partial charge in [0.25, 0.3) is 0 Å². The maximum Gasteiger partial charge on any atom is 0.303 e. The summed E-state index contributed by atoms with van der Waals surface area (Å²) in [5, 5.41) is 14.5. The van der Waals surface area contributed by atoms with Gasteiger partial charge in [-0.3, -0.25) is 4.79 Å². The molecule has 5 nitrogen and oxygen atoms in total. The molecule has 1 aliphatic heterocycles. The molecule has 0 radical (unpaired) electrons. The summed E-state index contributed by atoms with van der Waals surface area (Å²) in [6, 6.07) is 0.617. The van der Waals surface area contributed by atoms with Crippen LogP contribution in [0.1, 0.15) is 113 Å². The van der Waals surface area contributed by atoms with Crippen LogP contribution in [0, 0.1) is 46.3 Å². The smallest absolute Gasteiger partial charge is 0.303 e. The Balaban J connectivity index is 1.49. The number of carbonyl (C=O) groups is 1. The summed E-state index contributed by atoms with van der Waals surface area (Å²) in [5.74, 6) is 3.74. The number of hydrogen-bond acceptors (Lipinski definition) is 5. The lowest BCUT2D eigenvalue weighted by atomic mass is 9.56. The molecule has 0 amide bonds. The van der Waals surface area contributed by atoms with Crippen LogP contribution in [0.25, 0.3) is 0 Å². The van der Waals surface area contributed by atoms with Crippen LogP contribution in [0.2, 0.25) is 0 Å². The minimum Gasteiger partial charge on any atom is -0.457 e. The molecule has 4 fully saturated rings. The monoisotopic (exact) mass is 519 g/mol. The van der Waals surface area contributed by atoms with Gasteiger partial charge in [-0.05, 0) is 112 Å². The Morgan fingerprint density at radius 3 is 2.43 bits per heavy atom. The van der Waals surface area contributed by atoms with Crippen molar-refractivity contribution in [2.24, 2.45) is 46.3 Å². The van der Waals surface area contributed by atoms with Crippen LogP contribution in [-0.4, -0.2) is 48.1 Å². The second-order valence-electron chi connectivity index (χ2n) is 15.0. The highest BCUT2D eigenvalue weighted by Crippen LogP contribution is 2.63. The molecule has 0 aromatic carbocycles. The van der Waals surface area contributed by atoms with E-state index in [4.69, 9.17) is 9.47 Å². The molecule has 0 spiro atoms. The molecule has 11 atom stereocenters. The molecule has 3 saturated carbocycles. The molecule has 4 rings (SSSR count). The second-order valence-corrected chi connectivity index (χ2v) is 15.0. The van der Waals surface area contributed by atoms with Crippen LogP contribution in [-0.2, 0) is 14.3 Å². The first kappa shape index (κ1) is 29.3. The number of rotatable bonds is 7. The summed E-state index contributed by atoms with van der Waals surface area (Å²) in [4.78, 5) is 11.9. The fourth-order valence-electron chi connectivity index (χ4n) is 10.3. The molecular formula is C32H57NO4. The average molecular weight is 520 g/mol. The third kappa shape index (κ3) is 5.53. The van der Waals surface area contributed by atoms with Gasteiger partial charge in [0, 0.05) is 13.0 Å². The molecular weight excluding hydrogens is 462 g/mol. The normalized spacial score (nSPS) is 44.5. The average Bonchev–Trinajstić information content (AvgIpc) is 3.09. The third-order valence-electron chi connectivity index (χ3n) is 11.9. The number of nitrogens with one attached hydrogen (secondary N) is 1. The van der Waals surface area contributed by atoms with Gasteiger partial charge in [0.1, 0.15) is 0 Å². The highest BCUT2D eigenvalue weighted by atomic mass is 16.6. The molecule has 0 aromatic heterocycles. The molecule has 1 heterocycles. The molecule has 0 bridgehead atoms. The van der Waals surface area contributed by atoms with Crippen LogP contribution < -0.4 is 5.32 Å². The summed E-state index contributed by atoms with van der Waals surface area (Å²) >= 11 is 0. The zero-order valence-corrected chi connectivity index (χ0v) is 25.3. The number of ether oxygens (including phenoxy) is 2. The van der Waals surface area contributed by atoms with Gasteiger partial charge in [0.05, 0.1) is 17.8 Å². The Bertz CT molecular complexity index is 805. The van der Waals surface area contributed by atoms with E-state index >= 15 is 0 Å². The molecule has 214 valence electrons. The predicted octanol–water partition coefficient (Wildman–Crippen LogP) is 6.37. The van der Waals surface area contributed by atoms with Crippen LogP contribution >= 0.6 is 0 Å². The summed E-state index contributed by atoms with van der Waals surface area (Å²) in [5.41, 5.74) is -0.470. The van der Waals surface area contributed by atoms with Crippen LogP contribution in [0.5, 0.6) is 0 Å². The van der Waals surface area contributed by atoms with Crippen LogP contribution in [0.3, 0.4) is 0 Å². The lowest BCUT2D eigenvalue weighted by Gasteiger charge is -2.51. The topological polar surface area (TPSA) is 67.8 Å². The van der Waals surface area contributed by atoms with Gasteiger partial charge in [-0.2, -0.15) is 0 Å². The molecule has 0 aromatic rings. The summed E-state index contributed by atoms with van der Waals surface area (Å²) in [6.07, 6.45) is 10.6. The standard InChI is InChI=1S/C32H57NO4/c1-19-12-15-27(33-9)30(4,5)23(19)14-13-22-11-10-16-32(8)24(22)18-25-28(32)20(2)17-26(37-25)29(31(6,7)35)36-21(3)34/h19-20,22-29,33,35H,10-18H2,1-9H3/t19?,20-,22+,23?,24?,25?,26-,27+,28?,29+,32+/m1/s1. The Morgan fingerprint density at radius 2 is 1.81 bits per heavy atom. The van der Waals surface area contributed by atoms with Crippen molar-refractivity contribution >= 4 is 5.97 Å². The largest absolute Gasteiger partial charge is 0.457 e. The van der Waals surface area contributed by atoms with Gasteiger partial charge in [0.2, 0.25) is 0 Å². The van der Waals surface area contributed by atoms with Crippen molar-refractivity contribution in [2.75, 3.05) is 7.05 Å².